The molecule has 0 aromatic heterocycles. The Morgan fingerprint density at radius 1 is 1.38 bits per heavy atom. The van der Waals surface area contributed by atoms with Gasteiger partial charge in [-0.2, -0.15) is 0 Å². The van der Waals surface area contributed by atoms with Gasteiger partial charge in [0.05, 0.1) is 13.2 Å². The SMILES string of the molecule is CCOC(=O)[C@H](C)Nc1ccc(C)cc1C.NCC(=O)O. The molecule has 1 aromatic carbocycles. The first-order chi connectivity index (χ1) is 9.81. The number of aliphatic carboxylic acids is 1. The van der Waals surface area contributed by atoms with Gasteiger partial charge in [-0.1, -0.05) is 17.7 Å². The van der Waals surface area contributed by atoms with Crippen LogP contribution in [0.2, 0.25) is 0 Å². The van der Waals surface area contributed by atoms with Crippen LogP contribution in [0.4, 0.5) is 5.69 Å². The molecule has 0 amide bonds. The highest BCUT2D eigenvalue weighted by atomic mass is 16.5. The van der Waals surface area contributed by atoms with Gasteiger partial charge in [0.15, 0.2) is 0 Å². The van der Waals surface area contributed by atoms with E-state index in [1.165, 1.54) is 5.56 Å². The highest BCUT2D eigenvalue weighted by Crippen LogP contribution is 2.17. The molecule has 0 radical (unpaired) electrons. The van der Waals surface area contributed by atoms with Gasteiger partial charge in [-0.15, -0.1) is 0 Å². The summed E-state index contributed by atoms with van der Waals surface area (Å²) >= 11 is 0. The third kappa shape index (κ3) is 7.94. The van der Waals surface area contributed by atoms with Crippen molar-refractivity contribution >= 4 is 17.6 Å². The lowest BCUT2D eigenvalue weighted by Crippen LogP contribution is -2.28. The summed E-state index contributed by atoms with van der Waals surface area (Å²) in [5.41, 5.74) is 7.90. The van der Waals surface area contributed by atoms with Gasteiger partial charge in [-0.05, 0) is 39.3 Å². The first kappa shape index (κ1) is 18.9. The Balaban J connectivity index is 0.000000690. The first-order valence-electron chi connectivity index (χ1n) is 6.74. The number of carboxylic acid groups (broad SMARTS) is 1. The van der Waals surface area contributed by atoms with Gasteiger partial charge in [0.1, 0.15) is 6.04 Å². The molecule has 0 spiro atoms. The number of rotatable bonds is 5. The number of nitrogens with two attached hydrogens (primary N) is 1. The zero-order valence-electron chi connectivity index (χ0n) is 13.0. The van der Waals surface area contributed by atoms with Crippen molar-refractivity contribution in [1.82, 2.24) is 0 Å². The van der Waals surface area contributed by atoms with Crippen LogP contribution in [0.3, 0.4) is 0 Å². The molecule has 118 valence electrons. The zero-order valence-corrected chi connectivity index (χ0v) is 13.0. The van der Waals surface area contributed by atoms with Gasteiger partial charge in [0.25, 0.3) is 0 Å². The topological polar surface area (TPSA) is 102 Å². The molecular formula is C15H24N2O4. The fraction of sp³-hybridized carbons (Fsp3) is 0.467. The molecule has 0 heterocycles. The molecule has 1 aromatic rings. The van der Waals surface area contributed by atoms with E-state index in [1.807, 2.05) is 32.9 Å². The van der Waals surface area contributed by atoms with Crippen molar-refractivity contribution < 1.29 is 19.4 Å². The summed E-state index contributed by atoms with van der Waals surface area (Å²) in [7, 11) is 0. The molecule has 0 unspecified atom stereocenters. The van der Waals surface area contributed by atoms with Crippen LogP contribution < -0.4 is 11.1 Å². The van der Waals surface area contributed by atoms with Crippen LogP contribution in [-0.4, -0.2) is 36.2 Å². The van der Waals surface area contributed by atoms with Gasteiger partial charge in [0.2, 0.25) is 0 Å². The molecule has 0 saturated carbocycles. The van der Waals surface area contributed by atoms with Crippen LogP contribution in [0.25, 0.3) is 0 Å². The normalized spacial score (nSPS) is 10.9. The Kier molecular flexibility index (Phi) is 8.80. The fourth-order valence-electron chi connectivity index (χ4n) is 1.53. The van der Waals surface area contributed by atoms with Crippen molar-refractivity contribution in [3.05, 3.63) is 29.3 Å². The van der Waals surface area contributed by atoms with Gasteiger partial charge >= 0.3 is 11.9 Å². The summed E-state index contributed by atoms with van der Waals surface area (Å²) < 4.78 is 4.94. The van der Waals surface area contributed by atoms with E-state index < -0.39 is 5.97 Å². The molecule has 0 aliphatic heterocycles. The Morgan fingerprint density at radius 2 is 1.95 bits per heavy atom. The second-order valence-corrected chi connectivity index (χ2v) is 4.53. The predicted molar refractivity (Wildman–Crippen MR) is 82.3 cm³/mol. The monoisotopic (exact) mass is 296 g/mol. The predicted octanol–water partition coefficient (Wildman–Crippen LogP) is 1.70. The van der Waals surface area contributed by atoms with E-state index in [0.29, 0.717) is 6.61 Å². The largest absolute Gasteiger partial charge is 0.480 e. The van der Waals surface area contributed by atoms with Crippen LogP contribution in [0.15, 0.2) is 18.2 Å². The molecular weight excluding hydrogens is 272 g/mol. The molecule has 0 fully saturated rings. The van der Waals surface area contributed by atoms with E-state index in [-0.39, 0.29) is 18.6 Å². The standard InChI is InChI=1S/C13H19NO2.C2H5NO2/c1-5-16-13(15)11(4)14-12-7-6-9(2)8-10(12)3;3-1-2(4)5/h6-8,11,14H,5H2,1-4H3;1,3H2,(H,4,5)/t11-;/m0./s1. The quantitative estimate of drug-likeness (QED) is 0.715. The van der Waals surface area contributed by atoms with E-state index in [2.05, 4.69) is 17.1 Å². The maximum absolute atomic E-state index is 11.4. The third-order valence-electron chi connectivity index (χ3n) is 2.57. The maximum Gasteiger partial charge on any atom is 0.328 e. The lowest BCUT2D eigenvalue weighted by atomic mass is 10.1. The number of carbonyl (C=O) groups is 2. The molecule has 21 heavy (non-hydrogen) atoms. The van der Waals surface area contributed by atoms with Crippen LogP contribution >= 0.6 is 0 Å². The van der Waals surface area contributed by atoms with Gasteiger partial charge in [-0.25, -0.2) is 4.79 Å². The third-order valence-corrected chi connectivity index (χ3v) is 2.57. The van der Waals surface area contributed by atoms with E-state index in [1.54, 1.807) is 6.92 Å². The Hall–Kier alpha value is -2.08. The second-order valence-electron chi connectivity index (χ2n) is 4.53. The summed E-state index contributed by atoms with van der Waals surface area (Å²) in [5, 5.41) is 10.7. The average molecular weight is 296 g/mol. The second kappa shape index (κ2) is 9.77. The number of hydrogen-bond acceptors (Lipinski definition) is 5. The number of aryl methyl sites for hydroxylation is 2. The minimum atomic E-state index is -0.968. The van der Waals surface area contributed by atoms with Crippen molar-refractivity contribution in [2.24, 2.45) is 5.73 Å². The molecule has 1 rings (SSSR count). The molecule has 0 aliphatic rings. The van der Waals surface area contributed by atoms with Crippen LogP contribution in [0.5, 0.6) is 0 Å². The minimum absolute atomic E-state index is 0.220. The minimum Gasteiger partial charge on any atom is -0.480 e. The molecule has 0 bridgehead atoms. The fourth-order valence-corrected chi connectivity index (χ4v) is 1.53. The summed E-state index contributed by atoms with van der Waals surface area (Å²) in [6.45, 7) is 7.82. The van der Waals surface area contributed by atoms with Gasteiger partial charge in [0, 0.05) is 5.69 Å². The first-order valence-corrected chi connectivity index (χ1v) is 6.74. The number of nitrogens with one attached hydrogen (secondary N) is 1. The zero-order chi connectivity index (χ0) is 16.4. The molecule has 1 atom stereocenters. The number of carboxylic acids is 1. The summed E-state index contributed by atoms with van der Waals surface area (Å²) in [4.78, 5) is 20.7. The molecule has 6 nitrogen and oxygen atoms in total. The van der Waals surface area contributed by atoms with E-state index in [4.69, 9.17) is 9.84 Å². The lowest BCUT2D eigenvalue weighted by Gasteiger charge is -2.15. The van der Waals surface area contributed by atoms with Crippen molar-refractivity contribution in [2.75, 3.05) is 18.5 Å². The summed E-state index contributed by atoms with van der Waals surface area (Å²) in [5.74, 6) is -1.19. The lowest BCUT2D eigenvalue weighted by molar-refractivity contribution is -0.143. The van der Waals surface area contributed by atoms with Crippen LogP contribution in [0.1, 0.15) is 25.0 Å². The number of benzene rings is 1. The number of esters is 1. The Bertz CT molecular complexity index is 475. The van der Waals surface area contributed by atoms with Crippen LogP contribution in [0, 0.1) is 13.8 Å². The van der Waals surface area contributed by atoms with Crippen molar-refractivity contribution in [2.45, 2.75) is 33.7 Å². The maximum atomic E-state index is 11.4. The van der Waals surface area contributed by atoms with Gasteiger partial charge in [-0.3, -0.25) is 4.79 Å². The number of carbonyl (C=O) groups excluding carboxylic acids is 1. The number of hydrogen-bond donors (Lipinski definition) is 3. The van der Waals surface area contributed by atoms with E-state index in [0.717, 1.165) is 11.3 Å². The smallest absolute Gasteiger partial charge is 0.328 e. The van der Waals surface area contributed by atoms with E-state index in [9.17, 15) is 9.59 Å². The highest BCUT2D eigenvalue weighted by molar-refractivity contribution is 5.79. The Morgan fingerprint density at radius 3 is 2.38 bits per heavy atom. The molecule has 4 N–H and O–H groups in total. The van der Waals surface area contributed by atoms with Gasteiger partial charge < -0.3 is 20.9 Å². The summed E-state index contributed by atoms with van der Waals surface area (Å²) in [6, 6.07) is 5.77. The van der Waals surface area contributed by atoms with Crippen molar-refractivity contribution in [3.8, 4) is 0 Å². The number of ether oxygens (including phenoxy) is 1. The van der Waals surface area contributed by atoms with Crippen molar-refractivity contribution in [1.29, 1.82) is 0 Å². The Labute approximate surface area is 125 Å². The van der Waals surface area contributed by atoms with Crippen LogP contribution in [-0.2, 0) is 14.3 Å². The molecule has 0 saturated heterocycles. The number of anilines is 1. The molecule has 6 heteroatoms. The van der Waals surface area contributed by atoms with Crippen molar-refractivity contribution in [3.63, 3.8) is 0 Å². The summed E-state index contributed by atoms with van der Waals surface area (Å²) in [6.07, 6.45) is 0. The molecule has 0 aliphatic carbocycles. The highest BCUT2D eigenvalue weighted by Gasteiger charge is 2.13. The average Bonchev–Trinajstić information content (AvgIpc) is 2.42. The van der Waals surface area contributed by atoms with E-state index >= 15 is 0 Å².